The molecule has 1 aromatic carbocycles. The number of benzene rings is 1. The van der Waals surface area contributed by atoms with Gasteiger partial charge >= 0.3 is 11.9 Å². The molecule has 0 bridgehead atoms. The van der Waals surface area contributed by atoms with Crippen LogP contribution in [0.2, 0.25) is 0 Å². The largest absolute Gasteiger partial charge is 0.466 e. The summed E-state index contributed by atoms with van der Waals surface area (Å²) in [6.45, 7) is 1.03. The van der Waals surface area contributed by atoms with Crippen LogP contribution in [-0.4, -0.2) is 25.2 Å². The number of ether oxygens (including phenoxy) is 2. The summed E-state index contributed by atoms with van der Waals surface area (Å²) in [5, 5.41) is 0. The Morgan fingerprint density at radius 3 is 1.50 bits per heavy atom. The van der Waals surface area contributed by atoms with Gasteiger partial charge in [-0.25, -0.2) is 0 Å². The van der Waals surface area contributed by atoms with E-state index < -0.39 is 0 Å². The summed E-state index contributed by atoms with van der Waals surface area (Å²) in [5.74, 6) is 0.309. The van der Waals surface area contributed by atoms with Gasteiger partial charge in [-0.3, -0.25) is 9.59 Å². The van der Waals surface area contributed by atoms with E-state index in [0.717, 1.165) is 12.8 Å². The predicted molar refractivity (Wildman–Crippen MR) is 72.3 cm³/mol. The van der Waals surface area contributed by atoms with Crippen LogP contribution in [0.4, 0.5) is 0 Å². The number of hydrogen-bond acceptors (Lipinski definition) is 4. The van der Waals surface area contributed by atoms with E-state index in [1.807, 2.05) is 0 Å². The first-order valence-corrected chi connectivity index (χ1v) is 7.13. The fraction of sp³-hybridized carbons (Fsp3) is 0.500. The molecule has 2 saturated heterocycles. The Kier molecular flexibility index (Phi) is 3.72. The first kappa shape index (κ1) is 13.2. The Hall–Kier alpha value is -1.84. The lowest BCUT2D eigenvalue weighted by atomic mass is 9.87. The zero-order chi connectivity index (χ0) is 13.9. The minimum Gasteiger partial charge on any atom is -0.466 e. The van der Waals surface area contributed by atoms with Crippen molar-refractivity contribution >= 4 is 11.9 Å². The molecule has 2 aliphatic rings. The van der Waals surface area contributed by atoms with Crippen LogP contribution in [0.5, 0.6) is 0 Å². The first-order valence-electron chi connectivity index (χ1n) is 7.13. The van der Waals surface area contributed by atoms with Gasteiger partial charge < -0.3 is 9.47 Å². The van der Waals surface area contributed by atoms with Gasteiger partial charge in [0.05, 0.1) is 26.1 Å². The molecule has 4 nitrogen and oxygen atoms in total. The average molecular weight is 274 g/mol. The van der Waals surface area contributed by atoms with Crippen LogP contribution in [0.3, 0.4) is 0 Å². The summed E-state index contributed by atoms with van der Waals surface area (Å²) in [4.78, 5) is 22.6. The van der Waals surface area contributed by atoms with E-state index in [4.69, 9.17) is 9.47 Å². The molecule has 1 aromatic rings. The van der Waals surface area contributed by atoms with Crippen LogP contribution < -0.4 is 0 Å². The highest BCUT2D eigenvalue weighted by molar-refractivity contribution is 5.72. The number of carbonyl (C=O) groups excluding carboxylic acids is 2. The molecule has 4 heteroatoms. The van der Waals surface area contributed by atoms with Crippen LogP contribution in [0.15, 0.2) is 24.3 Å². The van der Waals surface area contributed by atoms with Gasteiger partial charge in [-0.15, -0.1) is 0 Å². The van der Waals surface area contributed by atoms with E-state index in [0.29, 0.717) is 26.1 Å². The van der Waals surface area contributed by atoms with Crippen molar-refractivity contribution in [2.45, 2.75) is 37.5 Å². The molecule has 0 aliphatic carbocycles. The van der Waals surface area contributed by atoms with E-state index in [2.05, 4.69) is 24.3 Å². The molecule has 0 saturated carbocycles. The molecular weight excluding hydrogens is 256 g/mol. The van der Waals surface area contributed by atoms with Crippen molar-refractivity contribution in [2.24, 2.45) is 0 Å². The van der Waals surface area contributed by atoms with Crippen molar-refractivity contribution in [3.63, 3.8) is 0 Å². The number of hydrogen-bond donors (Lipinski definition) is 0. The fourth-order valence-electron chi connectivity index (χ4n) is 2.96. The fourth-order valence-corrected chi connectivity index (χ4v) is 2.96. The molecule has 0 radical (unpaired) electrons. The molecule has 0 spiro atoms. The van der Waals surface area contributed by atoms with Crippen molar-refractivity contribution in [3.05, 3.63) is 35.4 Å². The normalized spacial score (nSPS) is 26.8. The van der Waals surface area contributed by atoms with Gasteiger partial charge in [-0.2, -0.15) is 0 Å². The predicted octanol–water partition coefficient (Wildman–Crippen LogP) is 2.53. The number of cyclic esters (lactones) is 2. The minimum absolute atomic E-state index is 0.111. The Bertz CT molecular complexity index is 459. The Labute approximate surface area is 118 Å². The second kappa shape index (κ2) is 5.65. The summed E-state index contributed by atoms with van der Waals surface area (Å²) in [6, 6.07) is 8.33. The van der Waals surface area contributed by atoms with Crippen LogP contribution in [-0.2, 0) is 19.1 Å². The molecule has 0 unspecified atom stereocenters. The van der Waals surface area contributed by atoms with Crippen LogP contribution in [0.1, 0.15) is 48.6 Å². The number of carbonyl (C=O) groups is 2. The van der Waals surface area contributed by atoms with E-state index in [9.17, 15) is 9.59 Å². The lowest BCUT2D eigenvalue weighted by Gasteiger charge is -2.24. The third-order valence-corrected chi connectivity index (χ3v) is 4.16. The quantitative estimate of drug-likeness (QED) is 0.778. The first-order chi connectivity index (χ1) is 9.72. The highest BCUT2D eigenvalue weighted by Gasteiger charge is 2.24. The molecule has 2 fully saturated rings. The average Bonchev–Trinajstić information content (AvgIpc) is 2.47. The van der Waals surface area contributed by atoms with Crippen molar-refractivity contribution in [3.8, 4) is 0 Å². The van der Waals surface area contributed by atoms with Crippen LogP contribution in [0.25, 0.3) is 0 Å². The molecule has 20 heavy (non-hydrogen) atoms. The Morgan fingerprint density at radius 1 is 0.750 bits per heavy atom. The standard InChI is InChI=1S/C16H18O4/c17-15-9-13(5-7-19-15)11-1-2-12(4-3-11)14-6-8-20-16(18)10-14/h1-4,13-14H,5-10H2/t13-,14-/m1/s1. The minimum atomic E-state index is -0.111. The van der Waals surface area contributed by atoms with Crippen molar-refractivity contribution in [1.29, 1.82) is 0 Å². The topological polar surface area (TPSA) is 52.6 Å². The number of esters is 2. The summed E-state index contributed by atoms with van der Waals surface area (Å²) in [5.41, 5.74) is 2.37. The summed E-state index contributed by atoms with van der Waals surface area (Å²) in [7, 11) is 0. The summed E-state index contributed by atoms with van der Waals surface area (Å²) < 4.78 is 9.94. The zero-order valence-electron chi connectivity index (χ0n) is 11.3. The third kappa shape index (κ3) is 2.84. The highest BCUT2D eigenvalue weighted by Crippen LogP contribution is 2.31. The molecule has 106 valence electrons. The Balaban J connectivity index is 1.70. The van der Waals surface area contributed by atoms with Crippen molar-refractivity contribution < 1.29 is 19.1 Å². The second-order valence-corrected chi connectivity index (χ2v) is 5.49. The molecule has 3 rings (SSSR count). The lowest BCUT2D eigenvalue weighted by molar-refractivity contribution is -0.148. The smallest absolute Gasteiger partial charge is 0.306 e. The molecule has 2 heterocycles. The Morgan fingerprint density at radius 2 is 1.15 bits per heavy atom. The maximum Gasteiger partial charge on any atom is 0.306 e. The SMILES string of the molecule is O=C1C[C@H](c2ccc([C@@H]3CCOC(=O)C3)cc2)CCO1. The van der Waals surface area contributed by atoms with Gasteiger partial charge in [0.2, 0.25) is 0 Å². The van der Waals surface area contributed by atoms with Crippen molar-refractivity contribution in [1.82, 2.24) is 0 Å². The molecular formula is C16H18O4. The highest BCUT2D eigenvalue weighted by atomic mass is 16.5. The van der Waals surface area contributed by atoms with Gasteiger partial charge in [0.15, 0.2) is 0 Å². The molecule has 0 N–H and O–H groups in total. The van der Waals surface area contributed by atoms with Gasteiger partial charge in [-0.1, -0.05) is 24.3 Å². The summed E-state index contributed by atoms with van der Waals surface area (Å²) >= 11 is 0. The van der Waals surface area contributed by atoms with E-state index in [-0.39, 0.29) is 23.8 Å². The van der Waals surface area contributed by atoms with Crippen LogP contribution in [0, 0.1) is 0 Å². The molecule has 0 aromatic heterocycles. The monoisotopic (exact) mass is 274 g/mol. The van der Waals surface area contributed by atoms with E-state index in [1.54, 1.807) is 0 Å². The number of rotatable bonds is 2. The van der Waals surface area contributed by atoms with Gasteiger partial charge in [0.1, 0.15) is 0 Å². The zero-order valence-corrected chi connectivity index (χ0v) is 11.3. The molecule has 2 atom stereocenters. The molecule has 0 amide bonds. The molecule has 2 aliphatic heterocycles. The van der Waals surface area contributed by atoms with Crippen molar-refractivity contribution in [2.75, 3.05) is 13.2 Å². The van der Waals surface area contributed by atoms with Gasteiger partial charge in [0.25, 0.3) is 0 Å². The lowest BCUT2D eigenvalue weighted by Crippen LogP contribution is -2.20. The second-order valence-electron chi connectivity index (χ2n) is 5.49. The summed E-state index contributed by atoms with van der Waals surface area (Å²) in [6.07, 6.45) is 2.71. The maximum absolute atomic E-state index is 11.3. The van der Waals surface area contributed by atoms with Gasteiger partial charge in [-0.05, 0) is 35.8 Å². The van der Waals surface area contributed by atoms with Gasteiger partial charge in [0, 0.05) is 0 Å². The maximum atomic E-state index is 11.3. The van der Waals surface area contributed by atoms with E-state index in [1.165, 1.54) is 11.1 Å². The van der Waals surface area contributed by atoms with Crippen LogP contribution >= 0.6 is 0 Å². The third-order valence-electron chi connectivity index (χ3n) is 4.16. The van der Waals surface area contributed by atoms with E-state index >= 15 is 0 Å².